The van der Waals surface area contributed by atoms with Gasteiger partial charge in [0.1, 0.15) is 0 Å². The van der Waals surface area contributed by atoms with E-state index in [1.807, 2.05) is 11.6 Å². The van der Waals surface area contributed by atoms with Gasteiger partial charge in [0.25, 0.3) is 0 Å². The number of hydrogen-bond donors (Lipinski definition) is 1. The molecular weight excluding hydrogens is 178 g/mol. The quantitative estimate of drug-likeness (QED) is 0.771. The van der Waals surface area contributed by atoms with Crippen LogP contribution in [0.1, 0.15) is 26.0 Å². The summed E-state index contributed by atoms with van der Waals surface area (Å²) in [5.41, 5.74) is 6.88. The summed E-state index contributed by atoms with van der Waals surface area (Å²) in [6, 6.07) is 0.135. The van der Waals surface area contributed by atoms with Crippen LogP contribution in [0.2, 0.25) is 0 Å². The predicted octanol–water partition coefficient (Wildman–Crippen LogP) is 1.19. The fourth-order valence-corrected chi connectivity index (χ4v) is 1.48. The van der Waals surface area contributed by atoms with E-state index in [-0.39, 0.29) is 6.04 Å². The van der Waals surface area contributed by atoms with Gasteiger partial charge in [0.2, 0.25) is 0 Å². The molecule has 2 N–H and O–H groups in total. The van der Waals surface area contributed by atoms with E-state index in [4.69, 9.17) is 10.5 Å². The highest BCUT2D eigenvalue weighted by Gasteiger charge is 2.12. The maximum atomic E-state index is 5.78. The third-order valence-electron chi connectivity index (χ3n) is 2.08. The Balaban J connectivity index is 2.87. The highest BCUT2D eigenvalue weighted by molar-refractivity contribution is 5.25. The lowest BCUT2D eigenvalue weighted by Crippen LogP contribution is -2.20. The number of ether oxygens (including phenoxy) is 1. The van der Waals surface area contributed by atoms with E-state index in [2.05, 4.69) is 12.0 Å². The van der Waals surface area contributed by atoms with Crippen LogP contribution in [0.4, 0.5) is 0 Å². The maximum Gasteiger partial charge on any atom is 0.159 e. The number of hydrogen-bond acceptors (Lipinski definition) is 3. The molecule has 0 aromatic carbocycles. The Bertz CT molecular complexity index is 281. The third kappa shape index (κ3) is 2.48. The van der Waals surface area contributed by atoms with E-state index < -0.39 is 0 Å². The average molecular weight is 197 g/mol. The molecule has 1 atom stereocenters. The van der Waals surface area contributed by atoms with Gasteiger partial charge in [0.15, 0.2) is 5.75 Å². The van der Waals surface area contributed by atoms with E-state index >= 15 is 0 Å². The molecule has 4 nitrogen and oxygen atoms in total. The van der Waals surface area contributed by atoms with Crippen molar-refractivity contribution in [3.8, 4) is 5.75 Å². The Hall–Kier alpha value is -1.03. The lowest BCUT2D eigenvalue weighted by Gasteiger charge is -2.10. The van der Waals surface area contributed by atoms with Crippen LogP contribution in [0.3, 0.4) is 0 Å². The first-order valence-electron chi connectivity index (χ1n) is 5.03. The Labute approximate surface area is 85.0 Å². The molecule has 0 saturated heterocycles. The van der Waals surface area contributed by atoms with Crippen molar-refractivity contribution in [2.45, 2.75) is 39.3 Å². The SMILES string of the molecule is CCCn1ncc(OC)c1CC(C)N. The van der Waals surface area contributed by atoms with Gasteiger partial charge in [-0.3, -0.25) is 4.68 Å². The summed E-state index contributed by atoms with van der Waals surface area (Å²) in [5.74, 6) is 0.843. The van der Waals surface area contributed by atoms with Crippen LogP contribution in [0.5, 0.6) is 5.75 Å². The topological polar surface area (TPSA) is 53.1 Å². The smallest absolute Gasteiger partial charge is 0.159 e. The second-order valence-corrected chi connectivity index (χ2v) is 3.56. The van der Waals surface area contributed by atoms with Crippen LogP contribution in [0.25, 0.3) is 0 Å². The van der Waals surface area contributed by atoms with Crippen molar-refractivity contribution in [3.63, 3.8) is 0 Å². The molecule has 14 heavy (non-hydrogen) atoms. The molecule has 1 rings (SSSR count). The highest BCUT2D eigenvalue weighted by Crippen LogP contribution is 2.18. The minimum Gasteiger partial charge on any atom is -0.493 e. The van der Waals surface area contributed by atoms with E-state index in [1.165, 1.54) is 0 Å². The van der Waals surface area contributed by atoms with Crippen molar-refractivity contribution in [2.24, 2.45) is 5.73 Å². The zero-order valence-electron chi connectivity index (χ0n) is 9.16. The lowest BCUT2D eigenvalue weighted by molar-refractivity contribution is 0.404. The summed E-state index contributed by atoms with van der Waals surface area (Å²) in [4.78, 5) is 0. The fraction of sp³-hybridized carbons (Fsp3) is 0.700. The average Bonchev–Trinajstić information content (AvgIpc) is 2.48. The van der Waals surface area contributed by atoms with E-state index in [0.717, 1.165) is 30.8 Å². The van der Waals surface area contributed by atoms with Crippen molar-refractivity contribution in [3.05, 3.63) is 11.9 Å². The summed E-state index contributed by atoms with van der Waals surface area (Å²) < 4.78 is 7.21. The van der Waals surface area contributed by atoms with Gasteiger partial charge in [-0.1, -0.05) is 6.92 Å². The molecule has 1 aromatic heterocycles. The predicted molar refractivity (Wildman–Crippen MR) is 56.4 cm³/mol. The van der Waals surface area contributed by atoms with Crippen LogP contribution in [0, 0.1) is 0 Å². The second kappa shape index (κ2) is 5.00. The van der Waals surface area contributed by atoms with Gasteiger partial charge < -0.3 is 10.5 Å². The molecule has 0 aliphatic heterocycles. The Kier molecular flexibility index (Phi) is 3.95. The van der Waals surface area contributed by atoms with Gasteiger partial charge in [0.05, 0.1) is 19.0 Å². The molecule has 1 heterocycles. The van der Waals surface area contributed by atoms with Crippen molar-refractivity contribution >= 4 is 0 Å². The van der Waals surface area contributed by atoms with Crippen LogP contribution in [-0.4, -0.2) is 22.9 Å². The molecule has 0 spiro atoms. The first-order chi connectivity index (χ1) is 6.69. The standard InChI is InChI=1S/C10H19N3O/c1-4-5-13-9(6-8(2)11)10(14-3)7-12-13/h7-8H,4-6,11H2,1-3H3. The second-order valence-electron chi connectivity index (χ2n) is 3.56. The molecule has 1 aromatic rings. The monoisotopic (exact) mass is 197 g/mol. The summed E-state index contributed by atoms with van der Waals surface area (Å²) in [6.45, 7) is 5.04. The molecule has 0 bridgehead atoms. The molecule has 80 valence electrons. The van der Waals surface area contributed by atoms with Crippen LogP contribution in [0.15, 0.2) is 6.20 Å². The number of nitrogens with two attached hydrogens (primary N) is 1. The first kappa shape index (κ1) is 11.0. The first-order valence-corrected chi connectivity index (χ1v) is 5.03. The number of rotatable bonds is 5. The Morgan fingerprint density at radius 2 is 2.36 bits per heavy atom. The normalized spacial score (nSPS) is 12.9. The minimum absolute atomic E-state index is 0.135. The molecular formula is C10H19N3O. The van der Waals surface area contributed by atoms with E-state index in [0.29, 0.717) is 0 Å². The summed E-state index contributed by atoms with van der Waals surface area (Å²) in [5, 5.41) is 4.27. The number of aryl methyl sites for hydroxylation is 1. The molecule has 4 heteroatoms. The Morgan fingerprint density at radius 3 is 2.86 bits per heavy atom. The van der Waals surface area contributed by atoms with E-state index in [1.54, 1.807) is 13.3 Å². The number of methoxy groups -OCH3 is 1. The largest absolute Gasteiger partial charge is 0.493 e. The third-order valence-corrected chi connectivity index (χ3v) is 2.08. The molecule has 0 fully saturated rings. The summed E-state index contributed by atoms with van der Waals surface area (Å²) >= 11 is 0. The van der Waals surface area contributed by atoms with Crippen molar-refractivity contribution in [2.75, 3.05) is 7.11 Å². The fourth-order valence-electron chi connectivity index (χ4n) is 1.48. The van der Waals surface area contributed by atoms with Gasteiger partial charge in [-0.05, 0) is 13.3 Å². The molecule has 0 radical (unpaired) electrons. The highest BCUT2D eigenvalue weighted by atomic mass is 16.5. The van der Waals surface area contributed by atoms with Crippen molar-refractivity contribution in [1.29, 1.82) is 0 Å². The summed E-state index contributed by atoms with van der Waals surface area (Å²) in [6.07, 6.45) is 3.63. The van der Waals surface area contributed by atoms with Crippen LogP contribution < -0.4 is 10.5 Å². The van der Waals surface area contributed by atoms with Gasteiger partial charge >= 0.3 is 0 Å². The van der Waals surface area contributed by atoms with Crippen LogP contribution in [-0.2, 0) is 13.0 Å². The van der Waals surface area contributed by atoms with Crippen LogP contribution >= 0.6 is 0 Å². The summed E-state index contributed by atoms with van der Waals surface area (Å²) in [7, 11) is 1.66. The van der Waals surface area contributed by atoms with Gasteiger partial charge in [-0.15, -0.1) is 0 Å². The Morgan fingerprint density at radius 1 is 1.64 bits per heavy atom. The van der Waals surface area contributed by atoms with Crippen molar-refractivity contribution < 1.29 is 4.74 Å². The maximum absolute atomic E-state index is 5.78. The zero-order chi connectivity index (χ0) is 10.6. The van der Waals surface area contributed by atoms with Crippen molar-refractivity contribution in [1.82, 2.24) is 9.78 Å². The molecule has 1 unspecified atom stereocenters. The molecule has 0 saturated carbocycles. The van der Waals surface area contributed by atoms with E-state index in [9.17, 15) is 0 Å². The molecule has 0 amide bonds. The number of nitrogens with zero attached hydrogens (tertiary/aromatic N) is 2. The number of aromatic nitrogens is 2. The van der Waals surface area contributed by atoms with Gasteiger partial charge in [-0.25, -0.2) is 0 Å². The molecule has 0 aliphatic carbocycles. The lowest BCUT2D eigenvalue weighted by atomic mass is 10.2. The minimum atomic E-state index is 0.135. The van der Waals surface area contributed by atoms with Gasteiger partial charge in [-0.2, -0.15) is 5.10 Å². The molecule has 0 aliphatic rings. The van der Waals surface area contributed by atoms with Gasteiger partial charge in [0, 0.05) is 19.0 Å². The zero-order valence-corrected chi connectivity index (χ0v) is 9.16.